The summed E-state index contributed by atoms with van der Waals surface area (Å²) in [5, 5.41) is 0. The molecule has 3 aromatic carbocycles. The van der Waals surface area contributed by atoms with Crippen molar-refractivity contribution in [2.24, 2.45) is 0 Å². The number of rotatable bonds is 21. The molecule has 0 N–H and O–H groups in total. The topological polar surface area (TPSA) is 122 Å². The number of ether oxygens (including phenoxy) is 4. The quantitative estimate of drug-likeness (QED) is 0.0508. The summed E-state index contributed by atoms with van der Waals surface area (Å²) in [5.74, 6) is -0.623. The van der Waals surface area contributed by atoms with Crippen LogP contribution in [0.25, 0.3) is 12.2 Å². The fourth-order valence-corrected chi connectivity index (χ4v) is 6.08. The van der Waals surface area contributed by atoms with Crippen LogP contribution in [-0.4, -0.2) is 74.0 Å². The molecule has 9 nitrogen and oxygen atoms in total. The van der Waals surface area contributed by atoms with Crippen molar-refractivity contribution in [1.29, 1.82) is 0 Å². The smallest absolute Gasteiger partial charge is 0.166 e. The Kier molecular flexibility index (Phi) is 11.1. The van der Waals surface area contributed by atoms with Crippen molar-refractivity contribution in [2.75, 3.05) is 31.3 Å². The molecule has 0 aliphatic carbocycles. The Balaban J connectivity index is 1.11. The van der Waals surface area contributed by atoms with Gasteiger partial charge in [-0.15, -0.1) is 0 Å². The van der Waals surface area contributed by atoms with Crippen molar-refractivity contribution in [1.82, 2.24) is 0 Å². The van der Waals surface area contributed by atoms with E-state index < -0.39 is 0 Å². The van der Waals surface area contributed by atoms with E-state index >= 15 is 0 Å². The average Bonchev–Trinajstić information content (AvgIpc) is 3.95. The van der Waals surface area contributed by atoms with Gasteiger partial charge in [0.05, 0.1) is 62.0 Å². The number of anilines is 3. The van der Waals surface area contributed by atoms with Gasteiger partial charge in [0, 0.05) is 42.7 Å². The van der Waals surface area contributed by atoms with Gasteiger partial charge in [-0.05, 0) is 85.4 Å². The van der Waals surface area contributed by atoms with Crippen LogP contribution in [0, 0.1) is 0 Å². The lowest BCUT2D eigenvalue weighted by molar-refractivity contribution is -0.123. The van der Waals surface area contributed by atoms with Gasteiger partial charge in [-0.2, -0.15) is 0 Å². The number of carbonyl (C=O) groups is 4. The molecule has 51 heavy (non-hydrogen) atoms. The van der Waals surface area contributed by atoms with Crippen LogP contribution in [0.2, 0.25) is 0 Å². The summed E-state index contributed by atoms with van der Waals surface area (Å²) in [6.07, 6.45) is 7.48. The summed E-state index contributed by atoms with van der Waals surface area (Å²) in [7, 11) is 0. The van der Waals surface area contributed by atoms with Gasteiger partial charge < -0.3 is 23.8 Å². The molecule has 4 unspecified atom stereocenters. The summed E-state index contributed by atoms with van der Waals surface area (Å²) in [6, 6.07) is 25.5. The average molecular weight is 690 g/mol. The highest BCUT2D eigenvalue weighted by atomic mass is 16.6. The first-order valence-corrected chi connectivity index (χ1v) is 18.0. The van der Waals surface area contributed by atoms with Crippen molar-refractivity contribution in [3.8, 4) is 0 Å². The normalized spacial score (nSPS) is 20.9. The number of allylic oxidation sites excluding steroid dienone is 2. The van der Waals surface area contributed by atoms with Crippen molar-refractivity contribution >= 4 is 52.3 Å². The standard InChI is InChI=1S/C42H43NO8/c44-39(18-14-33-24-48-33)37(40(45)19-15-34-25-49-34)22-28-6-10-31(11-7-28)43(30-4-2-1-3-5-30)32-12-8-29(9-13-32)23-38(41(46)20-16-35-26-50-35)42(47)21-17-36-27-51-36/h1-13,22-23,33-36H,14-21,24-27H2. The SMILES string of the molecule is O=C(CCC1CO1)C(=Cc1ccc(N(c2ccccc2)c2ccc(C=C(C(=O)CCC3CO3)C(=O)CCC3CO3)cc2)cc1)C(=O)CCC1CO1. The number of epoxide rings is 4. The van der Waals surface area contributed by atoms with Crippen LogP contribution in [0.3, 0.4) is 0 Å². The lowest BCUT2D eigenvalue weighted by Crippen LogP contribution is -2.14. The minimum absolute atomic E-state index is 0.116. The molecule has 0 amide bonds. The first-order valence-electron chi connectivity index (χ1n) is 18.0. The molecule has 0 aromatic heterocycles. The third-order valence-electron chi connectivity index (χ3n) is 9.52. The summed E-state index contributed by atoms with van der Waals surface area (Å²) < 4.78 is 21.1. The van der Waals surface area contributed by atoms with Crippen LogP contribution < -0.4 is 4.90 Å². The molecule has 0 saturated carbocycles. The number of carbonyl (C=O) groups excluding carboxylic acids is 4. The maximum atomic E-state index is 13.2. The Morgan fingerprint density at radius 3 is 1.06 bits per heavy atom. The maximum Gasteiger partial charge on any atom is 0.166 e. The summed E-state index contributed by atoms with van der Waals surface area (Å²) in [5.41, 5.74) is 4.68. The predicted octanol–water partition coefficient (Wildman–Crippen LogP) is 6.92. The van der Waals surface area contributed by atoms with Crippen LogP contribution in [0.5, 0.6) is 0 Å². The number of ketones is 4. The zero-order valence-corrected chi connectivity index (χ0v) is 28.7. The van der Waals surface area contributed by atoms with Gasteiger partial charge in [-0.3, -0.25) is 19.2 Å². The molecule has 0 bridgehead atoms. The molecule has 0 spiro atoms. The zero-order chi connectivity index (χ0) is 35.2. The van der Waals surface area contributed by atoms with E-state index in [4.69, 9.17) is 18.9 Å². The number of hydrogen-bond acceptors (Lipinski definition) is 9. The Morgan fingerprint density at radius 2 is 0.765 bits per heavy atom. The van der Waals surface area contributed by atoms with Crippen molar-refractivity contribution in [2.45, 2.75) is 75.8 Å². The van der Waals surface area contributed by atoms with E-state index in [9.17, 15) is 19.2 Å². The Bertz CT molecular complexity index is 1610. The van der Waals surface area contributed by atoms with E-state index in [-0.39, 0.29) is 84.4 Å². The lowest BCUT2D eigenvalue weighted by Gasteiger charge is -2.25. The van der Waals surface area contributed by atoms with E-state index in [2.05, 4.69) is 4.90 Å². The molecule has 264 valence electrons. The Hall–Kier alpha value is -4.54. The second-order valence-electron chi connectivity index (χ2n) is 13.6. The maximum absolute atomic E-state index is 13.2. The largest absolute Gasteiger partial charge is 0.373 e. The minimum atomic E-state index is -0.156. The predicted molar refractivity (Wildman–Crippen MR) is 193 cm³/mol. The van der Waals surface area contributed by atoms with Gasteiger partial charge in [0.15, 0.2) is 23.1 Å². The van der Waals surface area contributed by atoms with Crippen molar-refractivity contribution in [3.63, 3.8) is 0 Å². The molecule has 7 rings (SSSR count). The molecule has 4 atom stereocenters. The van der Waals surface area contributed by atoms with Crippen LogP contribution in [0.1, 0.15) is 62.5 Å². The number of benzene rings is 3. The number of Topliss-reactive ketones (excluding diaryl/α,β-unsaturated/α-hetero) is 4. The number of para-hydroxylation sites is 1. The summed E-state index contributed by atoms with van der Waals surface area (Å²) in [6.45, 7) is 2.69. The van der Waals surface area contributed by atoms with Gasteiger partial charge >= 0.3 is 0 Å². The van der Waals surface area contributed by atoms with Crippen LogP contribution in [-0.2, 0) is 38.1 Å². The van der Waals surface area contributed by atoms with Gasteiger partial charge in [0.25, 0.3) is 0 Å². The van der Waals surface area contributed by atoms with Crippen LogP contribution in [0.4, 0.5) is 17.1 Å². The second-order valence-corrected chi connectivity index (χ2v) is 13.6. The fourth-order valence-electron chi connectivity index (χ4n) is 6.08. The first-order chi connectivity index (χ1) is 24.9. The van der Waals surface area contributed by atoms with E-state index in [0.29, 0.717) is 52.1 Å². The van der Waals surface area contributed by atoms with Gasteiger partial charge in [0.1, 0.15) is 0 Å². The third kappa shape index (κ3) is 10.3. The number of hydrogen-bond donors (Lipinski definition) is 0. The Labute approximate surface area is 298 Å². The van der Waals surface area contributed by atoms with Crippen molar-refractivity contribution in [3.05, 3.63) is 101 Å². The highest BCUT2D eigenvalue weighted by molar-refractivity contribution is 6.24. The van der Waals surface area contributed by atoms with Gasteiger partial charge in [0.2, 0.25) is 0 Å². The van der Waals surface area contributed by atoms with Gasteiger partial charge in [-0.25, -0.2) is 0 Å². The highest BCUT2D eigenvalue weighted by Crippen LogP contribution is 2.35. The molecule has 4 fully saturated rings. The van der Waals surface area contributed by atoms with Crippen molar-refractivity contribution < 1.29 is 38.1 Å². The minimum Gasteiger partial charge on any atom is -0.373 e. The molecular formula is C42H43NO8. The summed E-state index contributed by atoms with van der Waals surface area (Å²) in [4.78, 5) is 54.8. The molecule has 4 saturated heterocycles. The van der Waals surface area contributed by atoms with Crippen LogP contribution in [0.15, 0.2) is 90.0 Å². The highest BCUT2D eigenvalue weighted by Gasteiger charge is 2.29. The first kappa shape index (κ1) is 34.9. The van der Waals surface area contributed by atoms with E-state index in [0.717, 1.165) is 28.2 Å². The molecule has 4 aliphatic rings. The Morgan fingerprint density at radius 1 is 0.471 bits per heavy atom. The second kappa shape index (κ2) is 16.2. The van der Waals surface area contributed by atoms with Gasteiger partial charge in [-0.1, -0.05) is 42.5 Å². The van der Waals surface area contributed by atoms with E-state index in [1.165, 1.54) is 0 Å². The van der Waals surface area contributed by atoms with Crippen LogP contribution >= 0.6 is 0 Å². The molecule has 9 heteroatoms. The molecule has 3 aromatic rings. The number of nitrogens with zero attached hydrogens (tertiary/aromatic N) is 1. The molecule has 4 aliphatic heterocycles. The lowest BCUT2D eigenvalue weighted by atomic mass is 9.96. The van der Waals surface area contributed by atoms with E-state index in [1.807, 2.05) is 78.9 Å². The molecular weight excluding hydrogens is 646 g/mol. The molecule has 4 heterocycles. The third-order valence-corrected chi connectivity index (χ3v) is 9.52. The van der Waals surface area contributed by atoms with E-state index in [1.54, 1.807) is 12.2 Å². The fraction of sp³-hybridized carbons (Fsp3) is 0.381. The molecule has 0 radical (unpaired) electrons. The zero-order valence-electron chi connectivity index (χ0n) is 28.7. The monoisotopic (exact) mass is 689 g/mol. The summed E-state index contributed by atoms with van der Waals surface area (Å²) >= 11 is 0.